The molecule has 148 valence electrons. The number of aryl methyl sites for hydroxylation is 1. The number of rotatable bonds is 4. The maximum Gasteiger partial charge on any atom is 0.340 e. The maximum atomic E-state index is 12.8. The van der Waals surface area contributed by atoms with E-state index < -0.39 is 10.1 Å². The van der Waals surface area contributed by atoms with E-state index in [4.69, 9.17) is 43.4 Å². The Labute approximate surface area is 181 Å². The molecule has 1 aromatic heterocycles. The van der Waals surface area contributed by atoms with Gasteiger partial charge in [-0.1, -0.05) is 52.5 Å². The Bertz CT molecular complexity index is 1350. The zero-order chi connectivity index (χ0) is 20.8. The van der Waals surface area contributed by atoms with Gasteiger partial charge in [0, 0.05) is 5.02 Å². The minimum absolute atomic E-state index is 0.0456. The predicted molar refractivity (Wildman–Crippen MR) is 113 cm³/mol. The summed E-state index contributed by atoms with van der Waals surface area (Å²) in [5.41, 5.74) is 2.29. The summed E-state index contributed by atoms with van der Waals surface area (Å²) in [5, 5.41) is 0.506. The van der Waals surface area contributed by atoms with Crippen LogP contribution < -0.4 is 4.18 Å². The molecule has 0 atom stereocenters. The summed E-state index contributed by atoms with van der Waals surface area (Å²) in [6, 6.07) is 14.3. The summed E-state index contributed by atoms with van der Waals surface area (Å²) >= 11 is 18.0. The van der Waals surface area contributed by atoms with Crippen LogP contribution >= 0.6 is 34.8 Å². The van der Waals surface area contributed by atoms with E-state index in [1.807, 2.05) is 6.92 Å². The molecule has 0 saturated carbocycles. The highest BCUT2D eigenvalue weighted by atomic mass is 35.5. The summed E-state index contributed by atoms with van der Waals surface area (Å²) in [5.74, 6) is 0.248. The second-order valence-electron chi connectivity index (χ2n) is 6.22. The lowest BCUT2D eigenvalue weighted by Gasteiger charge is -2.12. The molecule has 1 heterocycles. The summed E-state index contributed by atoms with van der Waals surface area (Å²) < 4.78 is 36.8. The molecule has 0 aliphatic rings. The van der Waals surface area contributed by atoms with E-state index in [0.717, 1.165) is 5.56 Å². The predicted octanol–water partition coefficient (Wildman–Crippen LogP) is 6.53. The van der Waals surface area contributed by atoms with Gasteiger partial charge >= 0.3 is 10.1 Å². The zero-order valence-electron chi connectivity index (χ0n) is 14.8. The second kappa shape index (κ2) is 7.54. The van der Waals surface area contributed by atoms with Crippen molar-refractivity contribution in [1.29, 1.82) is 0 Å². The molecule has 3 aromatic carbocycles. The highest BCUT2D eigenvalue weighted by Crippen LogP contribution is 2.36. The van der Waals surface area contributed by atoms with Crippen molar-refractivity contribution in [1.82, 2.24) is 4.98 Å². The van der Waals surface area contributed by atoms with Gasteiger partial charge in [-0.05, 0) is 49.4 Å². The minimum Gasteiger partial charge on any atom is -0.436 e. The van der Waals surface area contributed by atoms with E-state index in [9.17, 15) is 8.42 Å². The second-order valence-corrected chi connectivity index (χ2v) is 8.96. The quantitative estimate of drug-likeness (QED) is 0.318. The number of benzene rings is 3. The first-order valence-corrected chi connectivity index (χ1v) is 10.8. The Hall–Kier alpha value is -2.25. The lowest BCUT2D eigenvalue weighted by atomic mass is 10.1. The average molecular weight is 469 g/mol. The molecule has 0 fully saturated rings. The average Bonchev–Trinajstić information content (AvgIpc) is 3.08. The number of halogens is 3. The molecule has 0 aliphatic heterocycles. The van der Waals surface area contributed by atoms with Crippen molar-refractivity contribution >= 4 is 56.0 Å². The Morgan fingerprint density at radius 2 is 1.79 bits per heavy atom. The highest BCUT2D eigenvalue weighted by molar-refractivity contribution is 7.87. The molecule has 29 heavy (non-hydrogen) atoms. The van der Waals surface area contributed by atoms with Gasteiger partial charge in [0.25, 0.3) is 0 Å². The number of fused-ring (bicyclic) bond motifs is 1. The molecule has 4 rings (SSSR count). The lowest BCUT2D eigenvalue weighted by molar-refractivity contribution is 0.485. The first-order valence-electron chi connectivity index (χ1n) is 8.30. The fraction of sp³-hybridized carbons (Fsp3) is 0.0500. The number of oxazole rings is 1. The van der Waals surface area contributed by atoms with E-state index in [-0.39, 0.29) is 26.6 Å². The van der Waals surface area contributed by atoms with E-state index >= 15 is 0 Å². The van der Waals surface area contributed by atoms with Crippen LogP contribution in [0.15, 0.2) is 63.9 Å². The molecule has 4 aromatic rings. The Morgan fingerprint density at radius 1 is 1.00 bits per heavy atom. The summed E-state index contributed by atoms with van der Waals surface area (Å²) in [7, 11) is -4.25. The third-order valence-corrected chi connectivity index (χ3v) is 6.54. The Balaban J connectivity index is 1.82. The van der Waals surface area contributed by atoms with Crippen LogP contribution in [0, 0.1) is 6.92 Å². The first kappa shape index (κ1) is 20.0. The van der Waals surface area contributed by atoms with Crippen LogP contribution in [-0.2, 0) is 10.1 Å². The number of hydrogen-bond donors (Lipinski definition) is 0. The monoisotopic (exact) mass is 467 g/mol. The van der Waals surface area contributed by atoms with Crippen LogP contribution in [0.3, 0.4) is 0 Å². The van der Waals surface area contributed by atoms with Gasteiger partial charge in [-0.25, -0.2) is 4.98 Å². The van der Waals surface area contributed by atoms with Crippen molar-refractivity contribution < 1.29 is 17.0 Å². The Morgan fingerprint density at radius 3 is 2.59 bits per heavy atom. The lowest BCUT2D eigenvalue weighted by Crippen LogP contribution is -2.11. The topological polar surface area (TPSA) is 69.4 Å². The van der Waals surface area contributed by atoms with Crippen LogP contribution in [0.4, 0.5) is 0 Å². The number of aromatic nitrogens is 1. The van der Waals surface area contributed by atoms with Gasteiger partial charge in [-0.3, -0.25) is 0 Å². The van der Waals surface area contributed by atoms with Gasteiger partial charge in [-0.2, -0.15) is 8.42 Å². The van der Waals surface area contributed by atoms with Gasteiger partial charge < -0.3 is 8.60 Å². The van der Waals surface area contributed by atoms with Crippen molar-refractivity contribution in [2.45, 2.75) is 11.8 Å². The molecule has 9 heteroatoms. The van der Waals surface area contributed by atoms with Crippen LogP contribution in [0.5, 0.6) is 5.75 Å². The largest absolute Gasteiger partial charge is 0.436 e. The van der Waals surface area contributed by atoms with Crippen LogP contribution in [0.1, 0.15) is 5.56 Å². The molecular formula is C20H12Cl3NO4S. The van der Waals surface area contributed by atoms with E-state index in [1.165, 1.54) is 24.3 Å². The SMILES string of the molecule is Cc1ccc(OS(=O)(=O)c2cccc(Cl)c2Cl)c(-c2nc3cc(Cl)ccc3o2)c1. The third kappa shape index (κ3) is 3.94. The normalized spacial score (nSPS) is 11.7. The summed E-state index contributed by atoms with van der Waals surface area (Å²) in [4.78, 5) is 4.17. The van der Waals surface area contributed by atoms with Crippen molar-refractivity contribution in [2.75, 3.05) is 0 Å². The van der Waals surface area contributed by atoms with Crippen LogP contribution in [0.25, 0.3) is 22.6 Å². The van der Waals surface area contributed by atoms with E-state index in [1.54, 1.807) is 30.3 Å². The molecular weight excluding hydrogens is 457 g/mol. The van der Waals surface area contributed by atoms with Crippen molar-refractivity contribution in [3.05, 3.63) is 75.2 Å². The fourth-order valence-electron chi connectivity index (χ4n) is 2.74. The zero-order valence-corrected chi connectivity index (χ0v) is 17.9. The maximum absolute atomic E-state index is 12.8. The van der Waals surface area contributed by atoms with Gasteiger partial charge in [0.1, 0.15) is 10.4 Å². The molecule has 0 unspecified atom stereocenters. The first-order chi connectivity index (χ1) is 13.7. The van der Waals surface area contributed by atoms with Gasteiger partial charge in [0.15, 0.2) is 11.3 Å². The van der Waals surface area contributed by atoms with Gasteiger partial charge in [0.05, 0.1) is 15.6 Å². The Kier molecular flexibility index (Phi) is 5.21. The molecule has 0 bridgehead atoms. The third-order valence-electron chi connectivity index (χ3n) is 4.10. The summed E-state index contributed by atoms with van der Waals surface area (Å²) in [6.45, 7) is 1.86. The van der Waals surface area contributed by atoms with E-state index in [2.05, 4.69) is 4.98 Å². The van der Waals surface area contributed by atoms with Crippen LogP contribution in [-0.4, -0.2) is 13.4 Å². The standard InChI is InChI=1S/C20H12Cl3NO4S/c1-11-5-7-16(28-29(25,26)18-4-2-3-14(22)19(18)23)13(9-11)20-24-15-10-12(21)6-8-17(15)27-20/h2-10H,1H3. The molecule has 0 saturated heterocycles. The fourth-order valence-corrected chi connectivity index (χ4v) is 4.59. The van der Waals surface area contributed by atoms with Crippen molar-refractivity contribution in [2.24, 2.45) is 0 Å². The smallest absolute Gasteiger partial charge is 0.340 e. The minimum atomic E-state index is -4.25. The van der Waals surface area contributed by atoms with Crippen LogP contribution in [0.2, 0.25) is 15.1 Å². The van der Waals surface area contributed by atoms with E-state index in [0.29, 0.717) is 21.7 Å². The molecule has 0 amide bonds. The van der Waals surface area contributed by atoms with Gasteiger partial charge in [0.2, 0.25) is 5.89 Å². The van der Waals surface area contributed by atoms with Crippen molar-refractivity contribution in [3.63, 3.8) is 0 Å². The number of nitrogens with zero attached hydrogens (tertiary/aromatic N) is 1. The molecule has 0 N–H and O–H groups in total. The highest BCUT2D eigenvalue weighted by Gasteiger charge is 2.24. The molecule has 0 spiro atoms. The molecule has 0 aliphatic carbocycles. The summed E-state index contributed by atoms with van der Waals surface area (Å²) in [6.07, 6.45) is 0. The molecule has 0 radical (unpaired) electrons. The molecule has 5 nitrogen and oxygen atoms in total. The van der Waals surface area contributed by atoms with Crippen molar-refractivity contribution in [3.8, 4) is 17.2 Å². The number of hydrogen-bond acceptors (Lipinski definition) is 5. The van der Waals surface area contributed by atoms with Gasteiger partial charge in [-0.15, -0.1) is 0 Å².